The van der Waals surface area contributed by atoms with Gasteiger partial charge in [0.25, 0.3) is 0 Å². The van der Waals surface area contributed by atoms with Crippen LogP contribution in [0.15, 0.2) is 60.8 Å². The number of carbonyl (C=O) groups excluding carboxylic acids is 2. The molecule has 1 aromatic heterocycles. The summed E-state index contributed by atoms with van der Waals surface area (Å²) in [6.07, 6.45) is 5.78. The summed E-state index contributed by atoms with van der Waals surface area (Å²) < 4.78 is 5.13. The van der Waals surface area contributed by atoms with Crippen LogP contribution in [-0.2, 0) is 11.3 Å². The van der Waals surface area contributed by atoms with Crippen molar-refractivity contribution in [2.45, 2.75) is 6.61 Å². The Morgan fingerprint density at radius 1 is 1.16 bits per heavy atom. The molecule has 0 aliphatic heterocycles. The number of aldehydes is 1. The number of H-pyrrole nitrogens is 1. The Balaban J connectivity index is 1.49. The summed E-state index contributed by atoms with van der Waals surface area (Å²) in [6, 6.07) is 15.3. The number of benzene rings is 2. The van der Waals surface area contributed by atoms with Crippen molar-refractivity contribution in [3.63, 3.8) is 0 Å². The highest BCUT2D eigenvalue weighted by atomic mass is 16.5. The van der Waals surface area contributed by atoms with Gasteiger partial charge in [-0.2, -0.15) is 0 Å². The Hall–Kier alpha value is -3.34. The molecule has 1 amide bonds. The fourth-order valence-corrected chi connectivity index (χ4v) is 2.47. The third-order valence-electron chi connectivity index (χ3n) is 3.75. The first-order valence-electron chi connectivity index (χ1n) is 7.93. The van der Waals surface area contributed by atoms with E-state index in [1.165, 1.54) is 0 Å². The van der Waals surface area contributed by atoms with E-state index in [4.69, 9.17) is 4.74 Å². The summed E-state index contributed by atoms with van der Waals surface area (Å²) in [6.45, 7) is 0.606. The molecule has 0 bridgehead atoms. The Morgan fingerprint density at radius 2 is 2.00 bits per heavy atom. The molecule has 5 heteroatoms. The maximum Gasteiger partial charge on any atom is 0.407 e. The second-order valence-corrected chi connectivity index (χ2v) is 5.51. The molecule has 5 nitrogen and oxygen atoms in total. The lowest BCUT2D eigenvalue weighted by Gasteiger charge is -2.05. The number of hydrogen-bond donors (Lipinski definition) is 2. The van der Waals surface area contributed by atoms with Gasteiger partial charge in [-0.1, -0.05) is 48.6 Å². The topological polar surface area (TPSA) is 71.2 Å². The van der Waals surface area contributed by atoms with E-state index in [9.17, 15) is 9.59 Å². The molecule has 3 aromatic rings. The summed E-state index contributed by atoms with van der Waals surface area (Å²) in [4.78, 5) is 25.7. The molecule has 3 rings (SSSR count). The molecule has 25 heavy (non-hydrogen) atoms. The minimum Gasteiger partial charge on any atom is -0.445 e. The van der Waals surface area contributed by atoms with E-state index < -0.39 is 6.09 Å². The highest BCUT2D eigenvalue weighted by Crippen LogP contribution is 2.19. The van der Waals surface area contributed by atoms with Crippen LogP contribution in [0.3, 0.4) is 0 Å². The number of alkyl carbamates (subject to hydrolysis) is 1. The molecule has 0 aliphatic carbocycles. The van der Waals surface area contributed by atoms with Gasteiger partial charge in [0, 0.05) is 29.2 Å². The Bertz CT molecular complexity index is 898. The van der Waals surface area contributed by atoms with Gasteiger partial charge < -0.3 is 15.0 Å². The van der Waals surface area contributed by atoms with Crippen LogP contribution >= 0.6 is 0 Å². The number of carbonyl (C=O) groups is 2. The smallest absolute Gasteiger partial charge is 0.407 e. The van der Waals surface area contributed by atoms with Crippen molar-refractivity contribution in [3.8, 4) is 0 Å². The Kier molecular flexibility index (Phi) is 5.26. The average Bonchev–Trinajstić information content (AvgIpc) is 3.07. The average molecular weight is 334 g/mol. The van der Waals surface area contributed by atoms with Crippen LogP contribution in [0.4, 0.5) is 4.79 Å². The van der Waals surface area contributed by atoms with Gasteiger partial charge >= 0.3 is 6.09 Å². The molecule has 2 N–H and O–H groups in total. The van der Waals surface area contributed by atoms with Gasteiger partial charge in [0.2, 0.25) is 0 Å². The van der Waals surface area contributed by atoms with Gasteiger partial charge in [-0.15, -0.1) is 0 Å². The number of aromatic amines is 1. The van der Waals surface area contributed by atoms with Crippen LogP contribution in [0.5, 0.6) is 0 Å². The number of ether oxygens (including phenoxy) is 1. The molecule has 1 heterocycles. The highest BCUT2D eigenvalue weighted by Gasteiger charge is 2.03. The molecule has 0 spiro atoms. The third-order valence-corrected chi connectivity index (χ3v) is 3.75. The maximum atomic E-state index is 11.6. The number of fused-ring (bicyclic) bond motifs is 1. The largest absolute Gasteiger partial charge is 0.445 e. The standard InChI is InChI=1S/C20H18N2O3/c23-13-17-12-22-19-9-8-15(11-18(17)19)7-4-10-21-20(24)25-14-16-5-2-1-3-6-16/h1-9,11-13,22H,10,14H2,(H,21,24). The Morgan fingerprint density at radius 3 is 2.80 bits per heavy atom. The van der Waals surface area contributed by atoms with Crippen molar-refractivity contribution in [1.29, 1.82) is 0 Å². The summed E-state index contributed by atoms with van der Waals surface area (Å²) in [5.41, 5.74) is 3.45. The third kappa shape index (κ3) is 4.35. The van der Waals surface area contributed by atoms with E-state index in [2.05, 4.69) is 10.3 Å². The highest BCUT2D eigenvalue weighted by molar-refractivity contribution is 5.98. The van der Waals surface area contributed by atoms with Crippen LogP contribution in [0.2, 0.25) is 0 Å². The lowest BCUT2D eigenvalue weighted by atomic mass is 10.1. The molecular formula is C20H18N2O3. The summed E-state index contributed by atoms with van der Waals surface area (Å²) >= 11 is 0. The number of amides is 1. The predicted octanol–water partition coefficient (Wildman–Crippen LogP) is 3.92. The SMILES string of the molecule is O=Cc1c[nH]c2ccc(C=CCNC(=O)OCc3ccccc3)cc12. The first-order chi connectivity index (χ1) is 12.3. The van der Waals surface area contributed by atoms with Gasteiger partial charge in [-0.05, 0) is 23.3 Å². The van der Waals surface area contributed by atoms with E-state index in [-0.39, 0.29) is 6.61 Å². The van der Waals surface area contributed by atoms with Crippen molar-refractivity contribution in [3.05, 3.63) is 77.5 Å². The van der Waals surface area contributed by atoms with Crippen LogP contribution in [0.1, 0.15) is 21.5 Å². The Labute approximate surface area is 145 Å². The van der Waals surface area contributed by atoms with E-state index in [0.29, 0.717) is 12.1 Å². The van der Waals surface area contributed by atoms with Gasteiger partial charge in [0.05, 0.1) is 0 Å². The quantitative estimate of drug-likeness (QED) is 0.671. The second-order valence-electron chi connectivity index (χ2n) is 5.51. The molecule has 0 unspecified atom stereocenters. The molecule has 0 aliphatic rings. The lowest BCUT2D eigenvalue weighted by Crippen LogP contribution is -2.24. The van der Waals surface area contributed by atoms with Gasteiger partial charge in [0.15, 0.2) is 6.29 Å². The van der Waals surface area contributed by atoms with Crippen molar-refractivity contribution >= 4 is 29.4 Å². The molecular weight excluding hydrogens is 316 g/mol. The first-order valence-corrected chi connectivity index (χ1v) is 7.93. The zero-order chi connectivity index (χ0) is 17.5. The second kappa shape index (κ2) is 7.97. The zero-order valence-electron chi connectivity index (χ0n) is 13.6. The summed E-state index contributed by atoms with van der Waals surface area (Å²) in [7, 11) is 0. The van der Waals surface area contributed by atoms with Crippen molar-refractivity contribution in [2.24, 2.45) is 0 Å². The predicted molar refractivity (Wildman–Crippen MR) is 97.3 cm³/mol. The van der Waals surface area contributed by atoms with E-state index in [1.807, 2.05) is 60.7 Å². The minimum atomic E-state index is -0.460. The van der Waals surface area contributed by atoms with Gasteiger partial charge in [-0.25, -0.2) is 4.79 Å². The minimum absolute atomic E-state index is 0.245. The zero-order valence-corrected chi connectivity index (χ0v) is 13.6. The van der Waals surface area contributed by atoms with Gasteiger partial charge in [-0.3, -0.25) is 4.79 Å². The molecule has 2 aromatic carbocycles. The number of nitrogens with one attached hydrogen (secondary N) is 2. The summed E-state index contributed by atoms with van der Waals surface area (Å²) in [5.74, 6) is 0. The lowest BCUT2D eigenvalue weighted by molar-refractivity contribution is 0.112. The number of rotatable bonds is 6. The molecule has 0 radical (unpaired) electrons. The molecule has 0 saturated heterocycles. The van der Waals surface area contributed by atoms with Crippen LogP contribution in [-0.4, -0.2) is 23.9 Å². The molecule has 126 valence electrons. The van der Waals surface area contributed by atoms with Crippen molar-refractivity contribution in [1.82, 2.24) is 10.3 Å². The van der Waals surface area contributed by atoms with Crippen molar-refractivity contribution in [2.75, 3.05) is 6.54 Å². The normalized spacial score (nSPS) is 10.9. The van der Waals surface area contributed by atoms with E-state index in [0.717, 1.165) is 28.3 Å². The molecule has 0 atom stereocenters. The monoisotopic (exact) mass is 334 g/mol. The van der Waals surface area contributed by atoms with E-state index in [1.54, 1.807) is 6.20 Å². The van der Waals surface area contributed by atoms with Crippen LogP contribution < -0.4 is 5.32 Å². The molecule has 0 fully saturated rings. The van der Waals surface area contributed by atoms with E-state index >= 15 is 0 Å². The van der Waals surface area contributed by atoms with Crippen molar-refractivity contribution < 1.29 is 14.3 Å². The fraction of sp³-hybridized carbons (Fsp3) is 0.100. The van der Waals surface area contributed by atoms with Crippen LogP contribution in [0.25, 0.3) is 17.0 Å². The first kappa shape index (κ1) is 16.5. The fourth-order valence-electron chi connectivity index (χ4n) is 2.47. The summed E-state index contributed by atoms with van der Waals surface area (Å²) in [5, 5.41) is 3.55. The van der Waals surface area contributed by atoms with Crippen LogP contribution in [0, 0.1) is 0 Å². The molecule has 0 saturated carbocycles. The van der Waals surface area contributed by atoms with Gasteiger partial charge in [0.1, 0.15) is 6.61 Å². The number of aromatic nitrogens is 1. The maximum absolute atomic E-state index is 11.6. The number of hydrogen-bond acceptors (Lipinski definition) is 3.